The number of pyridine rings is 1. The van der Waals surface area contributed by atoms with E-state index in [0.717, 1.165) is 44.2 Å². The zero-order valence-electron chi connectivity index (χ0n) is 12.0. The fourth-order valence-electron chi connectivity index (χ4n) is 1.71. The van der Waals surface area contributed by atoms with Gasteiger partial charge in [0.1, 0.15) is 0 Å². The van der Waals surface area contributed by atoms with Gasteiger partial charge < -0.3 is 15.0 Å². The van der Waals surface area contributed by atoms with Crippen LogP contribution < -0.4 is 10.1 Å². The summed E-state index contributed by atoms with van der Waals surface area (Å²) in [6.07, 6.45) is 1.02. The number of aromatic nitrogens is 1. The van der Waals surface area contributed by atoms with Gasteiger partial charge in [-0.25, -0.2) is 4.98 Å². The van der Waals surface area contributed by atoms with Crippen LogP contribution in [-0.2, 0) is 6.54 Å². The van der Waals surface area contributed by atoms with E-state index in [1.54, 1.807) is 0 Å². The van der Waals surface area contributed by atoms with E-state index in [1.165, 1.54) is 5.56 Å². The lowest BCUT2D eigenvalue weighted by Gasteiger charge is -2.11. The summed E-state index contributed by atoms with van der Waals surface area (Å²) < 4.78 is 5.69. The lowest BCUT2D eigenvalue weighted by Crippen LogP contribution is -2.16. The van der Waals surface area contributed by atoms with Crippen LogP contribution in [0.5, 0.6) is 5.88 Å². The molecule has 0 saturated carbocycles. The Morgan fingerprint density at radius 1 is 1.33 bits per heavy atom. The summed E-state index contributed by atoms with van der Waals surface area (Å²) in [5, 5.41) is 3.31. The third-order valence-corrected chi connectivity index (χ3v) is 2.57. The molecule has 0 amide bonds. The van der Waals surface area contributed by atoms with Gasteiger partial charge in [0.05, 0.1) is 6.61 Å². The van der Waals surface area contributed by atoms with Gasteiger partial charge in [0.15, 0.2) is 0 Å². The molecule has 18 heavy (non-hydrogen) atoms. The zero-order valence-corrected chi connectivity index (χ0v) is 12.0. The highest BCUT2D eigenvalue weighted by molar-refractivity contribution is 5.24. The number of hydrogen-bond acceptors (Lipinski definition) is 4. The lowest BCUT2D eigenvalue weighted by molar-refractivity contribution is 0.272. The van der Waals surface area contributed by atoms with Crippen LogP contribution in [0, 0.1) is 6.92 Å². The molecule has 1 aromatic rings. The second-order valence-electron chi connectivity index (χ2n) is 4.74. The van der Waals surface area contributed by atoms with Crippen LogP contribution in [0.1, 0.15) is 24.6 Å². The maximum absolute atomic E-state index is 5.69. The summed E-state index contributed by atoms with van der Waals surface area (Å²) in [5.74, 6) is 0.738. The number of ether oxygens (including phenoxy) is 1. The number of rotatable bonds is 8. The van der Waals surface area contributed by atoms with Crippen molar-refractivity contribution in [1.82, 2.24) is 15.2 Å². The molecule has 0 unspecified atom stereocenters. The Morgan fingerprint density at radius 3 is 2.78 bits per heavy atom. The molecule has 0 atom stereocenters. The SMILES string of the molecule is CCNCc1cc(C)nc(OCCCN(C)C)c1. The molecule has 0 radical (unpaired) electrons. The number of aryl methyl sites for hydroxylation is 1. The second kappa shape index (κ2) is 8.06. The molecule has 0 aromatic carbocycles. The van der Waals surface area contributed by atoms with Crippen LogP contribution in [0.3, 0.4) is 0 Å². The molecule has 0 spiro atoms. The molecule has 1 rings (SSSR count). The zero-order chi connectivity index (χ0) is 13.4. The Hall–Kier alpha value is -1.13. The molecule has 102 valence electrons. The van der Waals surface area contributed by atoms with Gasteiger partial charge in [0.25, 0.3) is 0 Å². The molecule has 4 heteroatoms. The molecule has 1 heterocycles. The van der Waals surface area contributed by atoms with Crippen LogP contribution in [0.15, 0.2) is 12.1 Å². The summed E-state index contributed by atoms with van der Waals surface area (Å²) >= 11 is 0. The van der Waals surface area contributed by atoms with Crippen LogP contribution in [0.25, 0.3) is 0 Å². The molecule has 4 nitrogen and oxygen atoms in total. The van der Waals surface area contributed by atoms with Gasteiger partial charge in [0.2, 0.25) is 5.88 Å². The second-order valence-corrected chi connectivity index (χ2v) is 4.74. The van der Waals surface area contributed by atoms with E-state index in [9.17, 15) is 0 Å². The highest BCUT2D eigenvalue weighted by atomic mass is 16.5. The normalized spacial score (nSPS) is 10.9. The van der Waals surface area contributed by atoms with E-state index >= 15 is 0 Å². The first-order chi connectivity index (χ1) is 8.61. The van der Waals surface area contributed by atoms with Crippen molar-refractivity contribution in [2.75, 3.05) is 33.8 Å². The quantitative estimate of drug-likeness (QED) is 0.715. The summed E-state index contributed by atoms with van der Waals surface area (Å²) in [6, 6.07) is 4.11. The molecule has 1 N–H and O–H groups in total. The van der Waals surface area contributed by atoms with Gasteiger partial charge in [-0.15, -0.1) is 0 Å². The lowest BCUT2D eigenvalue weighted by atomic mass is 10.2. The molecule has 0 saturated heterocycles. The van der Waals surface area contributed by atoms with Crippen LogP contribution in [0.2, 0.25) is 0 Å². The number of hydrogen-bond donors (Lipinski definition) is 1. The van der Waals surface area contributed by atoms with Gasteiger partial charge >= 0.3 is 0 Å². The van der Waals surface area contributed by atoms with E-state index in [0.29, 0.717) is 0 Å². The maximum Gasteiger partial charge on any atom is 0.213 e. The number of nitrogens with zero attached hydrogens (tertiary/aromatic N) is 2. The van der Waals surface area contributed by atoms with Crippen molar-refractivity contribution in [1.29, 1.82) is 0 Å². The Labute approximate surface area is 110 Å². The molecule has 0 bridgehead atoms. The van der Waals surface area contributed by atoms with Crippen LogP contribution in [-0.4, -0.2) is 43.7 Å². The maximum atomic E-state index is 5.69. The molecule has 0 fully saturated rings. The third-order valence-electron chi connectivity index (χ3n) is 2.57. The minimum atomic E-state index is 0.718. The minimum Gasteiger partial charge on any atom is -0.478 e. The first kappa shape index (κ1) is 14.9. The van der Waals surface area contributed by atoms with Gasteiger partial charge in [0, 0.05) is 24.8 Å². The van der Waals surface area contributed by atoms with Crippen molar-refractivity contribution in [3.63, 3.8) is 0 Å². The van der Waals surface area contributed by atoms with Gasteiger partial charge in [-0.1, -0.05) is 6.92 Å². The summed E-state index contributed by atoms with van der Waals surface area (Å²) in [4.78, 5) is 6.55. The first-order valence-corrected chi connectivity index (χ1v) is 6.57. The molecule has 0 aliphatic heterocycles. The Kier molecular flexibility index (Phi) is 6.68. The highest BCUT2D eigenvalue weighted by Crippen LogP contribution is 2.12. The number of nitrogens with one attached hydrogen (secondary N) is 1. The van der Waals surface area contributed by atoms with E-state index < -0.39 is 0 Å². The molecule has 0 aliphatic rings. The molecule has 1 aromatic heterocycles. The molecular weight excluding hydrogens is 226 g/mol. The van der Waals surface area contributed by atoms with E-state index in [4.69, 9.17) is 4.74 Å². The van der Waals surface area contributed by atoms with Crippen molar-refractivity contribution in [3.05, 3.63) is 23.4 Å². The van der Waals surface area contributed by atoms with Crippen molar-refractivity contribution in [3.8, 4) is 5.88 Å². The summed E-state index contributed by atoms with van der Waals surface area (Å²) in [6.45, 7) is 7.70. The Morgan fingerprint density at radius 2 is 2.11 bits per heavy atom. The molecule has 0 aliphatic carbocycles. The van der Waals surface area contributed by atoms with Crippen LogP contribution >= 0.6 is 0 Å². The Bertz CT molecular complexity index is 353. The third kappa shape index (κ3) is 5.98. The largest absolute Gasteiger partial charge is 0.478 e. The average molecular weight is 251 g/mol. The van der Waals surface area contributed by atoms with Gasteiger partial charge in [-0.3, -0.25) is 0 Å². The predicted molar refractivity (Wildman–Crippen MR) is 75.0 cm³/mol. The average Bonchev–Trinajstić information content (AvgIpc) is 2.31. The van der Waals surface area contributed by atoms with Crippen molar-refractivity contribution >= 4 is 0 Å². The van der Waals surface area contributed by atoms with E-state index in [2.05, 4.69) is 42.3 Å². The van der Waals surface area contributed by atoms with Crippen molar-refractivity contribution in [2.24, 2.45) is 0 Å². The van der Waals surface area contributed by atoms with Gasteiger partial charge in [-0.2, -0.15) is 0 Å². The monoisotopic (exact) mass is 251 g/mol. The highest BCUT2D eigenvalue weighted by Gasteiger charge is 2.01. The van der Waals surface area contributed by atoms with E-state index in [1.807, 2.05) is 13.0 Å². The predicted octanol–water partition coefficient (Wildman–Crippen LogP) is 1.83. The minimum absolute atomic E-state index is 0.718. The first-order valence-electron chi connectivity index (χ1n) is 6.57. The topological polar surface area (TPSA) is 37.4 Å². The Balaban J connectivity index is 2.46. The summed E-state index contributed by atoms with van der Waals surface area (Å²) in [5.41, 5.74) is 2.24. The fourth-order valence-corrected chi connectivity index (χ4v) is 1.71. The van der Waals surface area contributed by atoms with Crippen molar-refractivity contribution in [2.45, 2.75) is 26.8 Å². The van der Waals surface area contributed by atoms with Gasteiger partial charge in [-0.05, 0) is 45.6 Å². The standard InChI is InChI=1S/C14H25N3O/c1-5-15-11-13-9-12(2)16-14(10-13)18-8-6-7-17(3)4/h9-10,15H,5-8,11H2,1-4H3. The van der Waals surface area contributed by atoms with Crippen molar-refractivity contribution < 1.29 is 4.74 Å². The van der Waals surface area contributed by atoms with Crippen LogP contribution in [0.4, 0.5) is 0 Å². The van der Waals surface area contributed by atoms with E-state index in [-0.39, 0.29) is 0 Å². The summed E-state index contributed by atoms with van der Waals surface area (Å²) in [7, 11) is 4.14. The molecular formula is C14H25N3O. The fraction of sp³-hybridized carbons (Fsp3) is 0.643. The smallest absolute Gasteiger partial charge is 0.213 e.